The first-order valence-corrected chi connectivity index (χ1v) is 6.09. The number of nitrogens with one attached hydrogen (secondary N) is 1. The molecule has 0 saturated heterocycles. The second-order valence-electron chi connectivity index (χ2n) is 3.59. The van der Waals surface area contributed by atoms with Crippen molar-refractivity contribution in [3.8, 4) is 0 Å². The van der Waals surface area contributed by atoms with Gasteiger partial charge >= 0.3 is 0 Å². The molecule has 0 aliphatic carbocycles. The van der Waals surface area contributed by atoms with Crippen molar-refractivity contribution >= 4 is 34.7 Å². The van der Waals surface area contributed by atoms with Gasteiger partial charge in [-0.15, -0.1) is 0 Å². The van der Waals surface area contributed by atoms with Gasteiger partial charge in [0.1, 0.15) is 22.6 Å². The summed E-state index contributed by atoms with van der Waals surface area (Å²) in [6.07, 6.45) is 0.673. The molecular weight excluding hydrogens is 276 g/mol. The van der Waals surface area contributed by atoms with Crippen molar-refractivity contribution in [1.82, 2.24) is 9.97 Å². The van der Waals surface area contributed by atoms with Gasteiger partial charge in [-0.05, 0) is 18.2 Å². The lowest BCUT2D eigenvalue weighted by Gasteiger charge is -2.08. The molecule has 0 atom stereocenters. The molecule has 0 bridgehead atoms. The maximum absolute atomic E-state index is 12.9. The first-order valence-electron chi connectivity index (χ1n) is 5.34. The molecule has 0 radical (unpaired) electrons. The van der Waals surface area contributed by atoms with Crippen LogP contribution in [0.25, 0.3) is 0 Å². The first-order chi connectivity index (χ1) is 8.58. The van der Waals surface area contributed by atoms with E-state index in [2.05, 4.69) is 15.3 Å². The Balaban J connectivity index is 2.30. The van der Waals surface area contributed by atoms with Gasteiger partial charge in [-0.2, -0.15) is 0 Å². The summed E-state index contributed by atoms with van der Waals surface area (Å²) >= 11 is 11.8. The predicted octanol–water partition coefficient (Wildman–Crippen LogP) is 4.23. The standard InChI is InChI=1S/C12H10Cl2FN3/c1-2-11-17-10(14)6-12(18-11)16-9-4-3-7(15)5-8(9)13/h3-6H,2H2,1H3,(H,16,17,18). The van der Waals surface area contributed by atoms with Crippen LogP contribution in [0.2, 0.25) is 10.2 Å². The third kappa shape index (κ3) is 3.09. The molecule has 94 valence electrons. The lowest BCUT2D eigenvalue weighted by molar-refractivity contribution is 0.628. The van der Waals surface area contributed by atoms with E-state index in [0.717, 1.165) is 0 Å². The van der Waals surface area contributed by atoms with Crippen molar-refractivity contribution in [2.45, 2.75) is 13.3 Å². The maximum atomic E-state index is 12.9. The monoisotopic (exact) mass is 285 g/mol. The molecule has 0 aliphatic rings. The summed E-state index contributed by atoms with van der Waals surface area (Å²) < 4.78 is 12.9. The van der Waals surface area contributed by atoms with Gasteiger partial charge in [-0.1, -0.05) is 30.1 Å². The number of rotatable bonds is 3. The number of nitrogens with zero attached hydrogens (tertiary/aromatic N) is 2. The molecule has 2 rings (SSSR count). The van der Waals surface area contributed by atoms with Gasteiger partial charge in [0.05, 0.1) is 10.7 Å². The highest BCUT2D eigenvalue weighted by atomic mass is 35.5. The number of hydrogen-bond donors (Lipinski definition) is 1. The van der Waals surface area contributed by atoms with Crippen LogP contribution in [0.15, 0.2) is 24.3 Å². The number of aromatic nitrogens is 2. The Kier molecular flexibility index (Phi) is 3.99. The molecule has 0 saturated carbocycles. The van der Waals surface area contributed by atoms with E-state index in [-0.39, 0.29) is 10.8 Å². The van der Waals surface area contributed by atoms with Gasteiger partial charge in [0.2, 0.25) is 0 Å². The molecule has 1 aromatic carbocycles. The summed E-state index contributed by atoms with van der Waals surface area (Å²) in [4.78, 5) is 8.30. The van der Waals surface area contributed by atoms with E-state index < -0.39 is 0 Å². The van der Waals surface area contributed by atoms with E-state index in [1.165, 1.54) is 12.1 Å². The molecule has 1 aromatic heterocycles. The Morgan fingerprint density at radius 1 is 1.22 bits per heavy atom. The van der Waals surface area contributed by atoms with Crippen molar-refractivity contribution in [2.75, 3.05) is 5.32 Å². The topological polar surface area (TPSA) is 37.8 Å². The Labute approximate surface area is 114 Å². The number of anilines is 2. The minimum absolute atomic E-state index is 0.280. The lowest BCUT2D eigenvalue weighted by Crippen LogP contribution is -2.00. The minimum Gasteiger partial charge on any atom is -0.339 e. The number of aryl methyl sites for hydroxylation is 1. The normalized spacial score (nSPS) is 10.4. The van der Waals surface area contributed by atoms with Gasteiger partial charge in [0, 0.05) is 12.5 Å². The summed E-state index contributed by atoms with van der Waals surface area (Å²) in [5.41, 5.74) is 0.565. The van der Waals surface area contributed by atoms with Crippen molar-refractivity contribution in [3.63, 3.8) is 0 Å². The second kappa shape index (κ2) is 5.50. The Hall–Kier alpha value is -1.39. The van der Waals surface area contributed by atoms with Crippen LogP contribution >= 0.6 is 23.2 Å². The highest BCUT2D eigenvalue weighted by Crippen LogP contribution is 2.26. The SMILES string of the molecule is CCc1nc(Cl)cc(Nc2ccc(F)cc2Cl)n1. The van der Waals surface area contributed by atoms with Crippen molar-refractivity contribution in [3.05, 3.63) is 46.1 Å². The van der Waals surface area contributed by atoms with Crippen LogP contribution in [0.5, 0.6) is 0 Å². The quantitative estimate of drug-likeness (QED) is 0.858. The van der Waals surface area contributed by atoms with Gasteiger partial charge in [0.15, 0.2) is 0 Å². The van der Waals surface area contributed by atoms with Gasteiger partial charge < -0.3 is 5.32 Å². The van der Waals surface area contributed by atoms with Crippen LogP contribution < -0.4 is 5.32 Å². The fourth-order valence-corrected chi connectivity index (χ4v) is 1.83. The zero-order valence-electron chi connectivity index (χ0n) is 9.54. The molecule has 6 heteroatoms. The van der Waals surface area contributed by atoms with E-state index >= 15 is 0 Å². The van der Waals surface area contributed by atoms with E-state index in [0.29, 0.717) is 28.9 Å². The minimum atomic E-state index is -0.388. The molecular formula is C12H10Cl2FN3. The molecule has 0 spiro atoms. The van der Waals surface area contributed by atoms with E-state index in [4.69, 9.17) is 23.2 Å². The number of halogens is 3. The zero-order chi connectivity index (χ0) is 13.1. The molecule has 18 heavy (non-hydrogen) atoms. The van der Waals surface area contributed by atoms with Gasteiger partial charge in [-0.25, -0.2) is 14.4 Å². The summed E-state index contributed by atoms with van der Waals surface area (Å²) in [6.45, 7) is 1.93. The number of benzene rings is 1. The van der Waals surface area contributed by atoms with E-state index in [1.54, 1.807) is 12.1 Å². The van der Waals surface area contributed by atoms with Crippen molar-refractivity contribution in [1.29, 1.82) is 0 Å². The Morgan fingerprint density at radius 2 is 2.00 bits per heavy atom. The molecule has 2 aromatic rings. The predicted molar refractivity (Wildman–Crippen MR) is 71.1 cm³/mol. The smallest absolute Gasteiger partial charge is 0.135 e. The van der Waals surface area contributed by atoms with Crippen LogP contribution in [0.3, 0.4) is 0 Å². The van der Waals surface area contributed by atoms with Gasteiger partial charge in [0.25, 0.3) is 0 Å². The lowest BCUT2D eigenvalue weighted by atomic mass is 10.3. The van der Waals surface area contributed by atoms with Crippen LogP contribution in [-0.4, -0.2) is 9.97 Å². The molecule has 0 fully saturated rings. The van der Waals surface area contributed by atoms with Crippen LogP contribution in [0, 0.1) is 5.82 Å². The first kappa shape index (κ1) is 13.1. The molecule has 0 unspecified atom stereocenters. The molecule has 1 heterocycles. The Morgan fingerprint density at radius 3 is 2.67 bits per heavy atom. The molecule has 1 N–H and O–H groups in total. The third-order valence-corrected chi connectivity index (χ3v) is 2.76. The fraction of sp³-hybridized carbons (Fsp3) is 0.167. The average Bonchev–Trinajstić information content (AvgIpc) is 2.32. The largest absolute Gasteiger partial charge is 0.339 e. The summed E-state index contributed by atoms with van der Waals surface area (Å²) in [5, 5.41) is 3.61. The van der Waals surface area contributed by atoms with E-state index in [1.807, 2.05) is 6.92 Å². The average molecular weight is 286 g/mol. The molecule has 0 amide bonds. The van der Waals surface area contributed by atoms with Crippen LogP contribution in [0.1, 0.15) is 12.7 Å². The fourth-order valence-electron chi connectivity index (χ4n) is 1.42. The zero-order valence-corrected chi connectivity index (χ0v) is 11.1. The van der Waals surface area contributed by atoms with E-state index in [9.17, 15) is 4.39 Å². The second-order valence-corrected chi connectivity index (χ2v) is 4.39. The summed E-state index contributed by atoms with van der Waals surface area (Å²) in [7, 11) is 0. The van der Waals surface area contributed by atoms with Crippen LogP contribution in [-0.2, 0) is 6.42 Å². The van der Waals surface area contributed by atoms with Crippen LogP contribution in [0.4, 0.5) is 15.9 Å². The summed E-state index contributed by atoms with van der Waals surface area (Å²) in [6, 6.07) is 5.67. The molecule has 3 nitrogen and oxygen atoms in total. The highest BCUT2D eigenvalue weighted by molar-refractivity contribution is 6.33. The Bertz CT molecular complexity index is 575. The number of hydrogen-bond acceptors (Lipinski definition) is 3. The van der Waals surface area contributed by atoms with Gasteiger partial charge in [-0.3, -0.25) is 0 Å². The highest BCUT2D eigenvalue weighted by Gasteiger charge is 2.06. The summed E-state index contributed by atoms with van der Waals surface area (Å²) in [5.74, 6) is 0.768. The van der Waals surface area contributed by atoms with Crippen molar-refractivity contribution < 1.29 is 4.39 Å². The third-order valence-electron chi connectivity index (χ3n) is 2.25. The maximum Gasteiger partial charge on any atom is 0.135 e. The molecule has 0 aliphatic heterocycles. The van der Waals surface area contributed by atoms with Crippen molar-refractivity contribution in [2.24, 2.45) is 0 Å².